The highest BCUT2D eigenvalue weighted by Crippen LogP contribution is 2.59. The van der Waals surface area contributed by atoms with Crippen molar-refractivity contribution < 1.29 is 14.7 Å². The van der Waals surface area contributed by atoms with Crippen LogP contribution in [-0.2, 0) is 9.59 Å². The second kappa shape index (κ2) is 6.47. The number of hydrogen-bond acceptors (Lipinski definition) is 2. The van der Waals surface area contributed by atoms with E-state index in [2.05, 4.69) is 30.3 Å². The number of carboxylic acid groups (broad SMARTS) is 1. The van der Waals surface area contributed by atoms with Gasteiger partial charge in [0.15, 0.2) is 0 Å². The maximum absolute atomic E-state index is 12.9. The van der Waals surface area contributed by atoms with Gasteiger partial charge in [-0.3, -0.25) is 9.59 Å². The molecule has 3 fully saturated rings. The van der Waals surface area contributed by atoms with E-state index in [0.717, 1.165) is 58.0 Å². The van der Waals surface area contributed by atoms with E-state index < -0.39 is 5.97 Å². The molecule has 1 aromatic carbocycles. The summed E-state index contributed by atoms with van der Waals surface area (Å²) in [6, 6.07) is 10.6. The van der Waals surface area contributed by atoms with Gasteiger partial charge in [0.25, 0.3) is 0 Å². The fourth-order valence-corrected chi connectivity index (χ4v) is 5.08. The number of benzene rings is 1. The number of carboxylic acids is 1. The van der Waals surface area contributed by atoms with Gasteiger partial charge in [0.2, 0.25) is 5.91 Å². The highest BCUT2D eigenvalue weighted by Gasteiger charge is 2.59. The van der Waals surface area contributed by atoms with Crippen molar-refractivity contribution in [3.8, 4) is 0 Å². The van der Waals surface area contributed by atoms with Crippen molar-refractivity contribution >= 4 is 11.9 Å². The van der Waals surface area contributed by atoms with E-state index in [9.17, 15) is 14.7 Å². The topological polar surface area (TPSA) is 57.6 Å². The van der Waals surface area contributed by atoms with Crippen molar-refractivity contribution in [1.29, 1.82) is 0 Å². The molecule has 3 aliphatic rings. The first kappa shape index (κ1) is 16.6. The van der Waals surface area contributed by atoms with Crippen LogP contribution in [0.1, 0.15) is 56.4 Å². The van der Waals surface area contributed by atoms with Crippen LogP contribution in [0.5, 0.6) is 0 Å². The van der Waals surface area contributed by atoms with Gasteiger partial charge in [0, 0.05) is 19.0 Å². The molecule has 1 aromatic rings. The normalized spacial score (nSPS) is 30.9. The van der Waals surface area contributed by atoms with Crippen molar-refractivity contribution in [3.63, 3.8) is 0 Å². The number of hydrogen-bond donors (Lipinski definition) is 1. The summed E-state index contributed by atoms with van der Waals surface area (Å²) in [7, 11) is 0. The Balaban J connectivity index is 1.28. The summed E-state index contributed by atoms with van der Waals surface area (Å²) < 4.78 is 0. The van der Waals surface area contributed by atoms with E-state index in [0.29, 0.717) is 11.8 Å². The van der Waals surface area contributed by atoms with E-state index in [1.165, 1.54) is 5.56 Å². The Bertz CT molecular complexity index is 640. The number of likely N-dealkylation sites (tertiary alicyclic amines) is 1. The van der Waals surface area contributed by atoms with E-state index in [1.54, 1.807) is 0 Å². The maximum atomic E-state index is 12.9. The molecule has 134 valence electrons. The Morgan fingerprint density at radius 3 is 2.20 bits per heavy atom. The molecule has 1 saturated heterocycles. The molecule has 1 N–H and O–H groups in total. The SMILES string of the molecule is O=C(O)C1CC12CCN(C(=O)C1CCC(c3ccccc3)CC1)CC2. The third-order valence-electron chi connectivity index (χ3n) is 6.91. The van der Waals surface area contributed by atoms with E-state index >= 15 is 0 Å². The van der Waals surface area contributed by atoms with Crippen molar-refractivity contribution in [2.75, 3.05) is 13.1 Å². The largest absolute Gasteiger partial charge is 0.481 e. The average Bonchev–Trinajstić information content (AvgIpc) is 3.36. The zero-order valence-electron chi connectivity index (χ0n) is 14.7. The third-order valence-corrected chi connectivity index (χ3v) is 6.91. The summed E-state index contributed by atoms with van der Waals surface area (Å²) in [4.78, 5) is 26.0. The Hall–Kier alpha value is -1.84. The minimum atomic E-state index is -0.654. The van der Waals surface area contributed by atoms with Crippen molar-refractivity contribution in [2.45, 2.75) is 50.9 Å². The molecule has 0 radical (unpaired) electrons. The highest BCUT2D eigenvalue weighted by atomic mass is 16.4. The predicted molar refractivity (Wildman–Crippen MR) is 95.1 cm³/mol. The number of carbonyl (C=O) groups is 2. The fraction of sp³-hybridized carbons (Fsp3) is 0.619. The lowest BCUT2D eigenvalue weighted by molar-refractivity contribution is -0.140. The second-order valence-corrected chi connectivity index (χ2v) is 8.24. The summed E-state index contributed by atoms with van der Waals surface area (Å²) in [6.45, 7) is 1.50. The van der Waals surface area contributed by atoms with E-state index in [4.69, 9.17) is 0 Å². The van der Waals surface area contributed by atoms with Crippen LogP contribution in [0.15, 0.2) is 30.3 Å². The summed E-state index contributed by atoms with van der Waals surface area (Å²) >= 11 is 0. The standard InChI is InChI=1S/C21H27NO3/c23-19(22-12-10-21(11-13-22)14-18(21)20(24)25)17-8-6-16(7-9-17)15-4-2-1-3-5-15/h1-5,16-18H,6-14H2,(H,24,25). The quantitative estimate of drug-likeness (QED) is 0.912. The molecule has 4 rings (SSSR count). The van der Waals surface area contributed by atoms with Crippen LogP contribution in [0.2, 0.25) is 0 Å². The summed E-state index contributed by atoms with van der Waals surface area (Å²) in [6.07, 6.45) is 6.71. The van der Waals surface area contributed by atoms with E-state index in [1.807, 2.05) is 4.90 Å². The number of rotatable bonds is 3. The molecule has 1 amide bonds. The van der Waals surface area contributed by atoms with Crippen LogP contribution < -0.4 is 0 Å². The molecule has 0 aromatic heterocycles. The summed E-state index contributed by atoms with van der Waals surface area (Å²) in [5.41, 5.74) is 1.41. The number of piperidine rings is 1. The minimum Gasteiger partial charge on any atom is -0.481 e. The van der Waals surface area contributed by atoms with Gasteiger partial charge >= 0.3 is 5.97 Å². The number of carbonyl (C=O) groups excluding carboxylic acids is 1. The van der Waals surface area contributed by atoms with Crippen LogP contribution in [-0.4, -0.2) is 35.0 Å². The molecular weight excluding hydrogens is 314 g/mol. The molecule has 2 saturated carbocycles. The minimum absolute atomic E-state index is 0.00752. The molecule has 2 aliphatic carbocycles. The Labute approximate surface area is 149 Å². The molecule has 4 heteroatoms. The average molecular weight is 341 g/mol. The van der Waals surface area contributed by atoms with Crippen LogP contribution in [0.3, 0.4) is 0 Å². The van der Waals surface area contributed by atoms with Gasteiger partial charge in [0.1, 0.15) is 0 Å². The zero-order valence-corrected chi connectivity index (χ0v) is 14.7. The number of amides is 1. The maximum Gasteiger partial charge on any atom is 0.307 e. The Kier molecular flexibility index (Phi) is 4.30. The van der Waals surface area contributed by atoms with Gasteiger partial charge in [-0.2, -0.15) is 0 Å². The van der Waals surface area contributed by atoms with Crippen LogP contribution >= 0.6 is 0 Å². The van der Waals surface area contributed by atoms with Gasteiger partial charge < -0.3 is 10.0 Å². The van der Waals surface area contributed by atoms with Crippen LogP contribution in [0.4, 0.5) is 0 Å². The molecule has 1 spiro atoms. The lowest BCUT2D eigenvalue weighted by Gasteiger charge is -2.37. The lowest BCUT2D eigenvalue weighted by Crippen LogP contribution is -2.43. The zero-order chi connectivity index (χ0) is 17.4. The fourth-order valence-electron chi connectivity index (χ4n) is 5.08. The Morgan fingerprint density at radius 1 is 1.00 bits per heavy atom. The molecule has 4 nitrogen and oxygen atoms in total. The van der Waals surface area contributed by atoms with Gasteiger partial charge in [0.05, 0.1) is 5.92 Å². The Morgan fingerprint density at radius 2 is 1.64 bits per heavy atom. The van der Waals surface area contributed by atoms with Crippen LogP contribution in [0, 0.1) is 17.3 Å². The second-order valence-electron chi connectivity index (χ2n) is 8.24. The summed E-state index contributed by atoms with van der Waals surface area (Å²) in [5, 5.41) is 9.19. The highest BCUT2D eigenvalue weighted by molar-refractivity contribution is 5.79. The molecule has 0 bridgehead atoms. The van der Waals surface area contributed by atoms with Gasteiger partial charge in [-0.1, -0.05) is 30.3 Å². The molecule has 25 heavy (non-hydrogen) atoms. The lowest BCUT2D eigenvalue weighted by atomic mass is 9.78. The van der Waals surface area contributed by atoms with Crippen molar-refractivity contribution in [3.05, 3.63) is 35.9 Å². The van der Waals surface area contributed by atoms with E-state index in [-0.39, 0.29) is 17.3 Å². The van der Waals surface area contributed by atoms with Crippen molar-refractivity contribution in [1.82, 2.24) is 4.90 Å². The monoisotopic (exact) mass is 341 g/mol. The predicted octanol–water partition coefficient (Wildman–Crippen LogP) is 3.67. The number of nitrogens with zero attached hydrogens (tertiary/aromatic N) is 1. The number of aliphatic carboxylic acids is 1. The molecule has 1 unspecified atom stereocenters. The third kappa shape index (κ3) is 3.19. The van der Waals surface area contributed by atoms with Gasteiger partial charge in [-0.15, -0.1) is 0 Å². The first-order valence-corrected chi connectivity index (χ1v) is 9.66. The molecular formula is C21H27NO3. The van der Waals surface area contributed by atoms with Gasteiger partial charge in [-0.25, -0.2) is 0 Å². The smallest absolute Gasteiger partial charge is 0.307 e. The molecule has 1 heterocycles. The van der Waals surface area contributed by atoms with Crippen LogP contribution in [0.25, 0.3) is 0 Å². The first-order valence-electron chi connectivity index (χ1n) is 9.66. The molecule has 1 aliphatic heterocycles. The first-order chi connectivity index (χ1) is 12.1. The van der Waals surface area contributed by atoms with Gasteiger partial charge in [-0.05, 0) is 61.8 Å². The molecule has 1 atom stereocenters. The van der Waals surface area contributed by atoms with Crippen molar-refractivity contribution in [2.24, 2.45) is 17.3 Å². The summed E-state index contributed by atoms with van der Waals surface area (Å²) in [5.74, 6) is 0.264.